The number of hydrogen-bond donors (Lipinski definition) is 3. The van der Waals surface area contributed by atoms with Crippen LogP contribution in [0.3, 0.4) is 0 Å². The van der Waals surface area contributed by atoms with E-state index in [-0.39, 0.29) is 10.6 Å². The second-order valence-corrected chi connectivity index (χ2v) is 6.05. The van der Waals surface area contributed by atoms with Crippen LogP contribution in [-0.4, -0.2) is 42.2 Å². The lowest BCUT2D eigenvalue weighted by Crippen LogP contribution is -2.33. The zero-order chi connectivity index (χ0) is 16.2. The molecule has 3 N–H and O–H groups in total. The molecule has 10 heteroatoms. The molecule has 0 radical (unpaired) electrons. The molecule has 0 amide bonds. The van der Waals surface area contributed by atoms with Gasteiger partial charge in [-0.15, -0.1) is 0 Å². The fourth-order valence-electron chi connectivity index (χ4n) is 1.55. The van der Waals surface area contributed by atoms with Crippen LogP contribution < -0.4 is 4.72 Å². The van der Waals surface area contributed by atoms with Gasteiger partial charge in [0.25, 0.3) is 5.69 Å². The van der Waals surface area contributed by atoms with Crippen molar-refractivity contribution < 1.29 is 28.3 Å². The van der Waals surface area contributed by atoms with Gasteiger partial charge in [0.2, 0.25) is 10.0 Å². The van der Waals surface area contributed by atoms with Gasteiger partial charge in [-0.1, -0.05) is 6.07 Å². The number of carboxylic acid groups (broad SMARTS) is 1. The lowest BCUT2D eigenvalue weighted by atomic mass is 10.2. The van der Waals surface area contributed by atoms with Crippen molar-refractivity contribution in [2.24, 2.45) is 0 Å². The Kier molecular flexibility index (Phi) is 5.35. The first-order valence-electron chi connectivity index (χ1n) is 5.78. The first-order chi connectivity index (χ1) is 9.63. The number of nitrogens with one attached hydrogen (secondary N) is 1. The Morgan fingerprint density at radius 1 is 1.48 bits per heavy atom. The molecule has 116 valence electrons. The molecule has 0 saturated carbocycles. The van der Waals surface area contributed by atoms with Crippen LogP contribution in [0.5, 0.6) is 0 Å². The molecule has 1 atom stereocenters. The number of carboxylic acids is 1. The number of sulfonamides is 1. The highest BCUT2D eigenvalue weighted by Gasteiger charge is 2.21. The third-order valence-electron chi connectivity index (χ3n) is 2.59. The van der Waals surface area contributed by atoms with Crippen molar-refractivity contribution in [1.29, 1.82) is 0 Å². The van der Waals surface area contributed by atoms with Crippen molar-refractivity contribution >= 4 is 21.7 Å². The van der Waals surface area contributed by atoms with Crippen molar-refractivity contribution in [3.05, 3.63) is 33.9 Å². The van der Waals surface area contributed by atoms with E-state index >= 15 is 0 Å². The Morgan fingerprint density at radius 3 is 2.62 bits per heavy atom. The number of rotatable bonds is 7. The fourth-order valence-corrected chi connectivity index (χ4v) is 2.88. The lowest BCUT2D eigenvalue weighted by Gasteiger charge is -2.12. The van der Waals surface area contributed by atoms with E-state index in [0.29, 0.717) is 5.56 Å². The normalized spacial score (nSPS) is 12.9. The van der Waals surface area contributed by atoms with Crippen LogP contribution in [0.4, 0.5) is 5.69 Å². The third-order valence-corrected chi connectivity index (χ3v) is 4.16. The number of aliphatic hydroxyl groups is 1. The second-order valence-electron chi connectivity index (χ2n) is 4.31. The molecule has 0 bridgehead atoms. The van der Waals surface area contributed by atoms with E-state index < -0.39 is 40.0 Å². The van der Waals surface area contributed by atoms with Gasteiger partial charge in [0.05, 0.1) is 22.3 Å². The second kappa shape index (κ2) is 6.61. The van der Waals surface area contributed by atoms with E-state index in [2.05, 4.69) is 0 Å². The molecule has 1 aromatic carbocycles. The molecule has 9 nitrogen and oxygen atoms in total. The quantitative estimate of drug-likeness (QED) is 0.474. The number of benzene rings is 1. The minimum atomic E-state index is -4.09. The molecule has 0 fully saturated rings. The lowest BCUT2D eigenvalue weighted by molar-refractivity contribution is -0.385. The first-order valence-corrected chi connectivity index (χ1v) is 7.26. The SMILES string of the molecule is Cc1ccc([N+](=O)[O-])cc1S(=O)(=O)NC[C@H](O)CC(=O)O. The average molecular weight is 318 g/mol. The average Bonchev–Trinajstić information content (AvgIpc) is 2.35. The van der Waals surface area contributed by atoms with Crippen LogP contribution in [0.2, 0.25) is 0 Å². The monoisotopic (exact) mass is 318 g/mol. The number of aliphatic hydroxyl groups excluding tert-OH is 1. The van der Waals surface area contributed by atoms with Crippen LogP contribution in [0.25, 0.3) is 0 Å². The van der Waals surface area contributed by atoms with E-state index in [9.17, 15) is 28.4 Å². The number of non-ortho nitro benzene ring substituents is 1. The minimum Gasteiger partial charge on any atom is -0.481 e. The number of hydrogen-bond acceptors (Lipinski definition) is 6. The molecule has 0 unspecified atom stereocenters. The maximum atomic E-state index is 12.0. The molecule has 0 aromatic heterocycles. The summed E-state index contributed by atoms with van der Waals surface area (Å²) in [4.78, 5) is 20.0. The summed E-state index contributed by atoms with van der Waals surface area (Å²) >= 11 is 0. The van der Waals surface area contributed by atoms with Crippen molar-refractivity contribution in [3.63, 3.8) is 0 Å². The van der Waals surface area contributed by atoms with E-state index in [1.165, 1.54) is 19.1 Å². The summed E-state index contributed by atoms with van der Waals surface area (Å²) in [5.74, 6) is -1.27. The largest absolute Gasteiger partial charge is 0.481 e. The molecule has 0 aliphatic carbocycles. The minimum absolute atomic E-state index is 0.292. The van der Waals surface area contributed by atoms with Gasteiger partial charge in [-0.25, -0.2) is 13.1 Å². The number of nitro groups is 1. The van der Waals surface area contributed by atoms with Gasteiger partial charge in [-0.3, -0.25) is 14.9 Å². The molecule has 0 aliphatic rings. The first kappa shape index (κ1) is 17.0. The highest BCUT2D eigenvalue weighted by Crippen LogP contribution is 2.21. The van der Waals surface area contributed by atoms with Crippen LogP contribution in [0.1, 0.15) is 12.0 Å². The summed E-state index contributed by atoms with van der Waals surface area (Å²) in [6, 6.07) is 3.37. The van der Waals surface area contributed by atoms with E-state index in [0.717, 1.165) is 6.07 Å². The maximum Gasteiger partial charge on any atom is 0.306 e. The van der Waals surface area contributed by atoms with Gasteiger partial charge >= 0.3 is 5.97 Å². The Bertz CT molecular complexity index is 657. The van der Waals surface area contributed by atoms with Crippen LogP contribution in [0.15, 0.2) is 23.1 Å². The fraction of sp³-hybridized carbons (Fsp3) is 0.364. The third kappa shape index (κ3) is 4.77. The molecule has 0 aliphatic heterocycles. The van der Waals surface area contributed by atoms with Crippen molar-refractivity contribution in [3.8, 4) is 0 Å². The van der Waals surface area contributed by atoms with Crippen LogP contribution in [0, 0.1) is 17.0 Å². The summed E-state index contributed by atoms with van der Waals surface area (Å²) in [7, 11) is -4.09. The molecular weight excluding hydrogens is 304 g/mol. The molecule has 21 heavy (non-hydrogen) atoms. The summed E-state index contributed by atoms with van der Waals surface area (Å²) in [6.45, 7) is 0.961. The molecule has 0 saturated heterocycles. The summed E-state index contributed by atoms with van der Waals surface area (Å²) in [5, 5.41) is 28.4. The molecule has 1 rings (SSSR count). The standard InChI is InChI=1S/C11H14N2O7S/c1-7-2-3-8(13(17)18)4-10(7)21(19,20)12-6-9(14)5-11(15)16/h2-4,9,12,14H,5-6H2,1H3,(H,15,16)/t9-/m1/s1. The predicted octanol–water partition coefficient (Wildman–Crippen LogP) is 0.0171. The number of nitrogens with zero attached hydrogens (tertiary/aromatic N) is 1. The number of aliphatic carboxylic acids is 1. The van der Waals surface area contributed by atoms with Crippen molar-refractivity contribution in [2.75, 3.05) is 6.54 Å². The topological polar surface area (TPSA) is 147 Å². The van der Waals surface area contributed by atoms with E-state index in [4.69, 9.17) is 5.11 Å². The zero-order valence-electron chi connectivity index (χ0n) is 11.0. The van der Waals surface area contributed by atoms with Gasteiger partial charge < -0.3 is 10.2 Å². The number of nitro benzene ring substituents is 1. The summed E-state index contributed by atoms with van der Waals surface area (Å²) < 4.78 is 26.1. The number of aryl methyl sites for hydroxylation is 1. The van der Waals surface area contributed by atoms with Crippen LogP contribution in [-0.2, 0) is 14.8 Å². The van der Waals surface area contributed by atoms with Gasteiger partial charge in [0, 0.05) is 18.7 Å². The predicted molar refractivity (Wildman–Crippen MR) is 71.3 cm³/mol. The summed E-state index contributed by atoms with van der Waals surface area (Å²) in [5.41, 5.74) is -0.0899. The molecule has 0 spiro atoms. The Morgan fingerprint density at radius 2 is 2.10 bits per heavy atom. The molecule has 1 aromatic rings. The van der Waals surface area contributed by atoms with E-state index in [1.54, 1.807) is 0 Å². The highest BCUT2D eigenvalue weighted by atomic mass is 32.2. The summed E-state index contributed by atoms with van der Waals surface area (Å²) in [6.07, 6.45) is -2.01. The Balaban J connectivity index is 2.95. The Hall–Kier alpha value is -2.04. The van der Waals surface area contributed by atoms with Crippen molar-refractivity contribution in [1.82, 2.24) is 4.72 Å². The maximum absolute atomic E-state index is 12.0. The zero-order valence-corrected chi connectivity index (χ0v) is 11.8. The van der Waals surface area contributed by atoms with Gasteiger partial charge in [-0.2, -0.15) is 0 Å². The van der Waals surface area contributed by atoms with Gasteiger partial charge in [0.15, 0.2) is 0 Å². The van der Waals surface area contributed by atoms with E-state index in [1.807, 2.05) is 4.72 Å². The highest BCUT2D eigenvalue weighted by molar-refractivity contribution is 7.89. The Labute approximate surface area is 120 Å². The van der Waals surface area contributed by atoms with Gasteiger partial charge in [-0.05, 0) is 12.5 Å². The smallest absolute Gasteiger partial charge is 0.306 e. The van der Waals surface area contributed by atoms with Gasteiger partial charge in [0.1, 0.15) is 0 Å². The van der Waals surface area contributed by atoms with Crippen molar-refractivity contribution in [2.45, 2.75) is 24.3 Å². The molecular formula is C11H14N2O7S. The van der Waals surface area contributed by atoms with Crippen LogP contribution >= 0.6 is 0 Å². The number of carbonyl (C=O) groups is 1. The molecule has 0 heterocycles.